The molecule has 182 valence electrons. The minimum absolute atomic E-state index is 0.0292. The number of aryl methyl sites for hydroxylation is 1. The molecular formula is C22H22F5N5O2. The van der Waals surface area contributed by atoms with E-state index in [1.165, 1.54) is 6.92 Å². The van der Waals surface area contributed by atoms with Gasteiger partial charge in [0.25, 0.3) is 5.89 Å². The summed E-state index contributed by atoms with van der Waals surface area (Å²) in [4.78, 5) is 9.73. The highest BCUT2D eigenvalue weighted by atomic mass is 19.4. The van der Waals surface area contributed by atoms with Gasteiger partial charge in [0.15, 0.2) is 0 Å². The molecule has 1 saturated heterocycles. The maximum Gasteiger partial charge on any atom is 0.419 e. The maximum absolute atomic E-state index is 14.4. The van der Waals surface area contributed by atoms with Gasteiger partial charge in [-0.1, -0.05) is 0 Å². The van der Waals surface area contributed by atoms with Crippen LogP contribution in [0.25, 0.3) is 11.5 Å². The van der Waals surface area contributed by atoms with E-state index in [1.54, 1.807) is 0 Å². The molecule has 1 atom stereocenters. The Morgan fingerprint density at radius 1 is 1.09 bits per heavy atom. The number of alkyl halides is 3. The van der Waals surface area contributed by atoms with Crippen LogP contribution in [0.4, 0.5) is 27.9 Å². The second-order valence-electron chi connectivity index (χ2n) is 7.99. The molecule has 1 aromatic carbocycles. The average Bonchev–Trinajstić information content (AvgIpc) is 3.22. The molecule has 0 bridgehead atoms. The lowest BCUT2D eigenvalue weighted by atomic mass is 9.98. The zero-order chi connectivity index (χ0) is 24.3. The van der Waals surface area contributed by atoms with E-state index in [0.717, 1.165) is 43.8 Å². The van der Waals surface area contributed by atoms with Gasteiger partial charge >= 0.3 is 6.18 Å². The second kappa shape index (κ2) is 9.90. The summed E-state index contributed by atoms with van der Waals surface area (Å²) in [6.07, 6.45) is 1.03. The highest BCUT2D eigenvalue weighted by molar-refractivity contribution is 5.56. The summed E-state index contributed by atoms with van der Waals surface area (Å²) in [7, 11) is 0. The Morgan fingerprint density at radius 3 is 2.41 bits per heavy atom. The normalized spacial score (nSPS) is 16.6. The Balaban J connectivity index is 1.34. The molecule has 12 heteroatoms. The minimum atomic E-state index is -4.49. The van der Waals surface area contributed by atoms with Crippen molar-refractivity contribution in [3.8, 4) is 17.2 Å². The Bertz CT molecular complexity index is 1100. The van der Waals surface area contributed by atoms with Crippen LogP contribution in [0.3, 0.4) is 0 Å². The first kappa shape index (κ1) is 23.8. The number of piperidine rings is 1. The van der Waals surface area contributed by atoms with Gasteiger partial charge in [0.1, 0.15) is 22.9 Å². The molecule has 0 radical (unpaired) electrons. The molecule has 34 heavy (non-hydrogen) atoms. The Morgan fingerprint density at radius 2 is 1.79 bits per heavy atom. The number of anilines is 1. The van der Waals surface area contributed by atoms with E-state index in [1.807, 2.05) is 4.90 Å². The summed E-state index contributed by atoms with van der Waals surface area (Å²) in [6.45, 7) is 2.36. The standard InChI is InChI=1S/C22H22F5N5O2/c1-13-30-31-20(34-13)19-17(23)9-16(10-18(19)24)33-8-4-6-15-5-2-3-7-32(15)21-28-11-14(12-29-21)22(25,26)27/h9-12,15H,2-8H2,1H3. The van der Waals surface area contributed by atoms with Crippen molar-refractivity contribution in [2.45, 2.75) is 51.2 Å². The van der Waals surface area contributed by atoms with Crippen LogP contribution in [0.5, 0.6) is 5.75 Å². The molecule has 0 amide bonds. The van der Waals surface area contributed by atoms with Gasteiger partial charge in [0.2, 0.25) is 11.8 Å². The SMILES string of the molecule is Cc1nnc(-c2c(F)cc(OCCCC3CCCCN3c3ncc(C(F)(F)F)cn3)cc2F)o1. The lowest BCUT2D eigenvalue weighted by Crippen LogP contribution is -2.40. The zero-order valence-electron chi connectivity index (χ0n) is 18.3. The molecule has 7 nitrogen and oxygen atoms in total. The molecule has 0 N–H and O–H groups in total. The van der Waals surface area contributed by atoms with Gasteiger partial charge in [-0.2, -0.15) is 13.2 Å². The maximum atomic E-state index is 14.4. The summed E-state index contributed by atoms with van der Waals surface area (Å²) in [6, 6.07) is 2.15. The van der Waals surface area contributed by atoms with Crippen molar-refractivity contribution in [2.75, 3.05) is 18.1 Å². The third-order valence-corrected chi connectivity index (χ3v) is 5.56. The third-order valence-electron chi connectivity index (χ3n) is 5.56. The fraction of sp³-hybridized carbons (Fsp3) is 0.455. The number of hydrogen-bond donors (Lipinski definition) is 0. The molecule has 0 aliphatic carbocycles. The number of nitrogens with zero attached hydrogens (tertiary/aromatic N) is 5. The first-order valence-electron chi connectivity index (χ1n) is 10.8. The fourth-order valence-electron chi connectivity index (χ4n) is 3.92. The van der Waals surface area contributed by atoms with Crippen molar-refractivity contribution >= 4 is 5.95 Å². The number of benzene rings is 1. The smallest absolute Gasteiger partial charge is 0.419 e. The molecule has 3 aromatic rings. The van der Waals surface area contributed by atoms with Crippen LogP contribution in [-0.4, -0.2) is 39.4 Å². The largest absolute Gasteiger partial charge is 0.493 e. The lowest BCUT2D eigenvalue weighted by Gasteiger charge is -2.36. The summed E-state index contributed by atoms with van der Waals surface area (Å²) in [5, 5.41) is 7.21. The number of aromatic nitrogens is 4. The second-order valence-corrected chi connectivity index (χ2v) is 7.99. The highest BCUT2D eigenvalue weighted by Gasteiger charge is 2.32. The van der Waals surface area contributed by atoms with E-state index in [2.05, 4.69) is 20.2 Å². The van der Waals surface area contributed by atoms with E-state index in [-0.39, 0.29) is 36.1 Å². The summed E-state index contributed by atoms with van der Waals surface area (Å²) in [5.41, 5.74) is -1.31. The molecule has 1 fully saturated rings. The first-order valence-corrected chi connectivity index (χ1v) is 10.8. The van der Waals surface area contributed by atoms with Crippen LogP contribution < -0.4 is 9.64 Å². The predicted molar refractivity (Wildman–Crippen MR) is 111 cm³/mol. The molecule has 3 heterocycles. The van der Waals surface area contributed by atoms with Gasteiger partial charge in [-0.05, 0) is 32.1 Å². The molecule has 1 aliphatic rings. The molecule has 4 rings (SSSR count). The Hall–Kier alpha value is -3.31. The molecule has 2 aromatic heterocycles. The lowest BCUT2D eigenvalue weighted by molar-refractivity contribution is -0.138. The molecular weight excluding hydrogens is 461 g/mol. The van der Waals surface area contributed by atoms with Gasteiger partial charge < -0.3 is 14.1 Å². The van der Waals surface area contributed by atoms with Crippen LogP contribution in [0.15, 0.2) is 28.9 Å². The number of halogens is 5. The fourth-order valence-corrected chi connectivity index (χ4v) is 3.92. The van der Waals surface area contributed by atoms with Crippen LogP contribution >= 0.6 is 0 Å². The monoisotopic (exact) mass is 483 g/mol. The summed E-state index contributed by atoms with van der Waals surface area (Å²) < 4.78 is 77.8. The van der Waals surface area contributed by atoms with Crippen molar-refractivity contribution in [1.29, 1.82) is 0 Å². The van der Waals surface area contributed by atoms with E-state index < -0.39 is 28.9 Å². The third kappa shape index (κ3) is 5.42. The van der Waals surface area contributed by atoms with Crippen molar-refractivity contribution < 1.29 is 31.1 Å². The van der Waals surface area contributed by atoms with E-state index in [4.69, 9.17) is 9.15 Å². The van der Waals surface area contributed by atoms with Gasteiger partial charge in [0.05, 0.1) is 12.2 Å². The summed E-state index contributed by atoms with van der Waals surface area (Å²) >= 11 is 0. The van der Waals surface area contributed by atoms with E-state index >= 15 is 0 Å². The van der Waals surface area contributed by atoms with Gasteiger partial charge in [0, 0.05) is 44.0 Å². The number of hydrogen-bond acceptors (Lipinski definition) is 7. The van der Waals surface area contributed by atoms with E-state index in [0.29, 0.717) is 19.4 Å². The Kier molecular flexibility index (Phi) is 6.94. The van der Waals surface area contributed by atoms with Gasteiger partial charge in [-0.3, -0.25) is 0 Å². The predicted octanol–water partition coefficient (Wildman–Crippen LogP) is 5.35. The average molecular weight is 483 g/mol. The van der Waals surface area contributed by atoms with Crippen LogP contribution in [0.2, 0.25) is 0 Å². The van der Waals surface area contributed by atoms with Crippen LogP contribution in [-0.2, 0) is 6.18 Å². The molecule has 1 aliphatic heterocycles. The quantitative estimate of drug-likeness (QED) is 0.331. The van der Waals surface area contributed by atoms with Crippen LogP contribution in [0.1, 0.15) is 43.6 Å². The van der Waals surface area contributed by atoms with Crippen LogP contribution in [0, 0.1) is 18.6 Å². The van der Waals surface area contributed by atoms with Crippen molar-refractivity contribution in [3.63, 3.8) is 0 Å². The minimum Gasteiger partial charge on any atom is -0.493 e. The van der Waals surface area contributed by atoms with Crippen molar-refractivity contribution in [3.05, 3.63) is 47.6 Å². The number of rotatable bonds is 7. The number of ether oxygens (including phenoxy) is 1. The first-order chi connectivity index (χ1) is 16.2. The zero-order valence-corrected chi connectivity index (χ0v) is 18.3. The summed E-state index contributed by atoms with van der Waals surface area (Å²) in [5.74, 6) is -1.53. The Labute approximate surface area is 192 Å². The molecule has 0 spiro atoms. The highest BCUT2D eigenvalue weighted by Crippen LogP contribution is 2.31. The molecule has 1 unspecified atom stereocenters. The molecule has 0 saturated carbocycles. The topological polar surface area (TPSA) is 77.2 Å². The van der Waals surface area contributed by atoms with Crippen molar-refractivity contribution in [1.82, 2.24) is 20.2 Å². The van der Waals surface area contributed by atoms with Gasteiger partial charge in [-0.25, -0.2) is 18.7 Å². The van der Waals surface area contributed by atoms with Crippen molar-refractivity contribution in [2.24, 2.45) is 0 Å². The van der Waals surface area contributed by atoms with E-state index in [9.17, 15) is 22.0 Å². The van der Waals surface area contributed by atoms with Gasteiger partial charge in [-0.15, -0.1) is 10.2 Å².